The van der Waals surface area contributed by atoms with Gasteiger partial charge in [0.1, 0.15) is 5.01 Å². The van der Waals surface area contributed by atoms with Crippen LogP contribution in [-0.4, -0.2) is 62.9 Å². The molecule has 0 spiro atoms. The molecule has 0 radical (unpaired) electrons. The third-order valence-corrected chi connectivity index (χ3v) is 4.67. The highest BCUT2D eigenvalue weighted by Crippen LogP contribution is 2.30. The Labute approximate surface area is 149 Å². The minimum Gasteiger partial charge on any atom is -0.382 e. The Morgan fingerprint density at radius 1 is 1.48 bits per heavy atom. The molecule has 0 aliphatic carbocycles. The topological polar surface area (TPSA) is 59.0 Å². The maximum atomic E-state index is 12.6. The van der Waals surface area contributed by atoms with E-state index in [0.29, 0.717) is 36.7 Å². The number of nitrogens with one attached hydrogen (secondary N) is 1. The molecule has 25 heavy (non-hydrogen) atoms. The molecule has 1 saturated heterocycles. The lowest BCUT2D eigenvalue weighted by Crippen LogP contribution is -2.39. The van der Waals surface area contributed by atoms with E-state index in [0.717, 1.165) is 36.2 Å². The van der Waals surface area contributed by atoms with Gasteiger partial charge in [0.15, 0.2) is 11.7 Å². The molecular formula is C15H23F3N4O2S. The zero-order valence-electron chi connectivity index (χ0n) is 14.3. The number of aromatic nitrogens is 1. The Hall–Kier alpha value is -1.39. The summed E-state index contributed by atoms with van der Waals surface area (Å²) in [6, 6.07) is 0. The van der Waals surface area contributed by atoms with Crippen LogP contribution >= 0.6 is 11.3 Å². The number of aliphatic imine (C=N–C) groups is 1. The van der Waals surface area contributed by atoms with Gasteiger partial charge in [0.2, 0.25) is 0 Å². The van der Waals surface area contributed by atoms with Crippen molar-refractivity contribution in [3.8, 4) is 0 Å². The largest absolute Gasteiger partial charge is 0.434 e. The number of likely N-dealkylation sites (tertiary alicyclic amines) is 1. The first-order valence-electron chi connectivity index (χ1n) is 7.98. The van der Waals surface area contributed by atoms with Gasteiger partial charge >= 0.3 is 6.18 Å². The molecule has 1 aliphatic rings. The van der Waals surface area contributed by atoms with E-state index in [2.05, 4.69) is 20.2 Å². The van der Waals surface area contributed by atoms with Crippen molar-refractivity contribution in [2.75, 3.05) is 47.1 Å². The van der Waals surface area contributed by atoms with Crippen LogP contribution in [0.3, 0.4) is 0 Å². The van der Waals surface area contributed by atoms with E-state index < -0.39 is 11.9 Å². The normalized spacial score (nSPS) is 18.8. The van der Waals surface area contributed by atoms with E-state index in [-0.39, 0.29) is 6.54 Å². The smallest absolute Gasteiger partial charge is 0.382 e. The summed E-state index contributed by atoms with van der Waals surface area (Å²) in [5.74, 6) is 1.08. The SMILES string of the molecule is CN=C(NCc1nc(C(F)(F)F)cs1)N1CCC(COCCOC)C1. The quantitative estimate of drug-likeness (QED) is 0.447. The third-order valence-electron chi connectivity index (χ3n) is 3.82. The molecule has 2 rings (SSSR count). The number of hydrogen-bond donors (Lipinski definition) is 1. The van der Waals surface area contributed by atoms with Crippen molar-refractivity contribution < 1.29 is 22.6 Å². The van der Waals surface area contributed by atoms with Crippen molar-refractivity contribution in [2.45, 2.75) is 19.1 Å². The molecule has 1 unspecified atom stereocenters. The van der Waals surface area contributed by atoms with E-state index in [4.69, 9.17) is 9.47 Å². The number of guanidine groups is 1. The van der Waals surface area contributed by atoms with Crippen molar-refractivity contribution >= 4 is 17.3 Å². The lowest BCUT2D eigenvalue weighted by molar-refractivity contribution is -0.140. The van der Waals surface area contributed by atoms with Gasteiger partial charge in [0, 0.05) is 38.5 Å². The van der Waals surface area contributed by atoms with Crippen molar-refractivity contribution in [3.05, 3.63) is 16.1 Å². The number of nitrogens with zero attached hydrogens (tertiary/aromatic N) is 3. The molecule has 0 saturated carbocycles. The molecule has 1 aromatic rings. The second kappa shape index (κ2) is 9.35. The predicted octanol–water partition coefficient (Wildman–Crippen LogP) is 2.22. The number of rotatable bonds is 7. The molecule has 10 heteroatoms. The van der Waals surface area contributed by atoms with Crippen LogP contribution in [0.4, 0.5) is 13.2 Å². The molecule has 0 bridgehead atoms. The van der Waals surface area contributed by atoms with E-state index in [1.807, 2.05) is 0 Å². The maximum absolute atomic E-state index is 12.6. The summed E-state index contributed by atoms with van der Waals surface area (Å²) in [6.07, 6.45) is -3.41. The molecule has 2 heterocycles. The van der Waals surface area contributed by atoms with Crippen LogP contribution in [0.15, 0.2) is 10.4 Å². The highest BCUT2D eigenvalue weighted by atomic mass is 32.1. The van der Waals surface area contributed by atoms with E-state index in [9.17, 15) is 13.2 Å². The Morgan fingerprint density at radius 3 is 2.92 bits per heavy atom. The summed E-state index contributed by atoms with van der Waals surface area (Å²) in [6.45, 7) is 3.68. The second-order valence-electron chi connectivity index (χ2n) is 5.69. The summed E-state index contributed by atoms with van der Waals surface area (Å²) in [5.41, 5.74) is -0.848. The molecule has 6 nitrogen and oxygen atoms in total. The van der Waals surface area contributed by atoms with Crippen LogP contribution in [0.1, 0.15) is 17.1 Å². The first-order valence-corrected chi connectivity index (χ1v) is 8.86. The highest BCUT2D eigenvalue weighted by Gasteiger charge is 2.33. The minimum absolute atomic E-state index is 0.221. The minimum atomic E-state index is -4.40. The van der Waals surface area contributed by atoms with Crippen molar-refractivity contribution in [3.63, 3.8) is 0 Å². The van der Waals surface area contributed by atoms with E-state index in [1.165, 1.54) is 0 Å². The third kappa shape index (κ3) is 6.12. The molecule has 1 atom stereocenters. The summed E-state index contributed by atoms with van der Waals surface area (Å²) in [4.78, 5) is 9.91. The fraction of sp³-hybridized carbons (Fsp3) is 0.733. The van der Waals surface area contributed by atoms with Gasteiger partial charge in [-0.2, -0.15) is 13.2 Å². The van der Waals surface area contributed by atoms with Crippen LogP contribution in [0.5, 0.6) is 0 Å². The van der Waals surface area contributed by atoms with Crippen molar-refractivity contribution in [1.82, 2.24) is 15.2 Å². The first kappa shape index (κ1) is 19.9. The molecule has 1 N–H and O–H groups in total. The van der Waals surface area contributed by atoms with Gasteiger partial charge in [-0.05, 0) is 6.42 Å². The average Bonchev–Trinajstić information content (AvgIpc) is 3.21. The summed E-state index contributed by atoms with van der Waals surface area (Å²) in [5, 5.41) is 4.50. The molecule has 1 aromatic heterocycles. The summed E-state index contributed by atoms with van der Waals surface area (Å²) >= 11 is 0.989. The molecule has 142 valence electrons. The number of methoxy groups -OCH3 is 1. The molecule has 1 fully saturated rings. The standard InChI is InChI=1S/C15H23F3N4O2S/c1-19-14(20-7-13-21-12(10-25-13)15(16,17)18)22-4-3-11(8-22)9-24-6-5-23-2/h10-11H,3-9H2,1-2H3,(H,19,20). The van der Waals surface area contributed by atoms with E-state index >= 15 is 0 Å². The average molecular weight is 380 g/mol. The predicted molar refractivity (Wildman–Crippen MR) is 89.7 cm³/mol. The fourth-order valence-corrected chi connectivity index (χ4v) is 3.30. The van der Waals surface area contributed by atoms with Crippen LogP contribution in [0, 0.1) is 5.92 Å². The van der Waals surface area contributed by atoms with Gasteiger partial charge in [0.05, 0.1) is 26.4 Å². The van der Waals surface area contributed by atoms with Gasteiger partial charge in [-0.15, -0.1) is 11.3 Å². The van der Waals surface area contributed by atoms with Gasteiger partial charge in [-0.25, -0.2) is 4.98 Å². The number of thiazole rings is 1. The van der Waals surface area contributed by atoms with Crippen LogP contribution in [0.2, 0.25) is 0 Å². The zero-order valence-corrected chi connectivity index (χ0v) is 15.1. The Morgan fingerprint density at radius 2 is 2.28 bits per heavy atom. The number of hydrogen-bond acceptors (Lipinski definition) is 5. The molecule has 1 aliphatic heterocycles. The highest BCUT2D eigenvalue weighted by molar-refractivity contribution is 7.09. The maximum Gasteiger partial charge on any atom is 0.434 e. The Bertz CT molecular complexity index is 565. The number of ether oxygens (including phenoxy) is 2. The molecule has 0 amide bonds. The monoisotopic (exact) mass is 380 g/mol. The van der Waals surface area contributed by atoms with Crippen LogP contribution < -0.4 is 5.32 Å². The second-order valence-corrected chi connectivity index (χ2v) is 6.64. The van der Waals surface area contributed by atoms with E-state index in [1.54, 1.807) is 14.2 Å². The van der Waals surface area contributed by atoms with Gasteiger partial charge in [-0.3, -0.25) is 4.99 Å². The zero-order chi connectivity index (χ0) is 18.3. The lowest BCUT2D eigenvalue weighted by Gasteiger charge is -2.21. The van der Waals surface area contributed by atoms with Crippen LogP contribution in [0.25, 0.3) is 0 Å². The first-order chi connectivity index (χ1) is 11.9. The van der Waals surface area contributed by atoms with Gasteiger partial charge in [0.25, 0.3) is 0 Å². The van der Waals surface area contributed by atoms with Crippen molar-refractivity contribution in [1.29, 1.82) is 0 Å². The Balaban J connectivity index is 1.78. The fourth-order valence-electron chi connectivity index (χ4n) is 2.56. The number of alkyl halides is 3. The number of halogens is 3. The van der Waals surface area contributed by atoms with Gasteiger partial charge < -0.3 is 19.7 Å². The van der Waals surface area contributed by atoms with Gasteiger partial charge in [-0.1, -0.05) is 0 Å². The lowest BCUT2D eigenvalue weighted by atomic mass is 10.1. The van der Waals surface area contributed by atoms with Crippen LogP contribution in [-0.2, 0) is 22.2 Å². The molecule has 0 aromatic carbocycles. The summed E-state index contributed by atoms with van der Waals surface area (Å²) < 4.78 is 48.2. The Kier molecular flexibility index (Phi) is 7.45. The molecular weight excluding hydrogens is 357 g/mol. The summed E-state index contributed by atoms with van der Waals surface area (Å²) in [7, 11) is 3.30. The van der Waals surface area contributed by atoms with Crippen molar-refractivity contribution in [2.24, 2.45) is 10.9 Å².